The van der Waals surface area contributed by atoms with E-state index < -0.39 is 0 Å². The summed E-state index contributed by atoms with van der Waals surface area (Å²) in [5.41, 5.74) is 9.15. The van der Waals surface area contributed by atoms with Gasteiger partial charge in [0.25, 0.3) is 0 Å². The normalized spacial score (nSPS) is 21.0. The highest BCUT2D eigenvalue weighted by Gasteiger charge is 2.39. The summed E-state index contributed by atoms with van der Waals surface area (Å²) < 4.78 is 7.18. The van der Waals surface area contributed by atoms with Gasteiger partial charge in [-0.05, 0) is 30.5 Å². The van der Waals surface area contributed by atoms with Crippen molar-refractivity contribution in [1.29, 1.82) is 0 Å². The van der Waals surface area contributed by atoms with Crippen molar-refractivity contribution in [1.82, 2.24) is 9.78 Å². The van der Waals surface area contributed by atoms with Crippen LogP contribution in [0.15, 0.2) is 18.2 Å². The molecule has 1 aromatic carbocycles. The molecule has 0 radical (unpaired) electrons. The van der Waals surface area contributed by atoms with Crippen LogP contribution in [0.3, 0.4) is 0 Å². The lowest BCUT2D eigenvalue weighted by molar-refractivity contribution is 0.416. The highest BCUT2D eigenvalue weighted by molar-refractivity contribution is 6.31. The molecule has 0 bridgehead atoms. The fourth-order valence-electron chi connectivity index (χ4n) is 2.67. The van der Waals surface area contributed by atoms with Gasteiger partial charge in [0.05, 0.1) is 18.4 Å². The summed E-state index contributed by atoms with van der Waals surface area (Å²) >= 11 is 6.14. The van der Waals surface area contributed by atoms with Gasteiger partial charge < -0.3 is 10.5 Å². The van der Waals surface area contributed by atoms with Crippen LogP contribution in [0.4, 0.5) is 5.82 Å². The van der Waals surface area contributed by atoms with Crippen LogP contribution in [0, 0.1) is 5.92 Å². The number of rotatable bonds is 3. The maximum absolute atomic E-state index is 6.22. The number of nitrogen functional groups attached to an aromatic ring is 1. The summed E-state index contributed by atoms with van der Waals surface area (Å²) in [5, 5.41) is 5.26. The fourth-order valence-corrected chi connectivity index (χ4v) is 2.84. The molecule has 1 heterocycles. The Labute approximate surface area is 123 Å². The number of aromatic nitrogens is 2. The lowest BCUT2D eigenvalue weighted by Gasteiger charge is -2.10. The molecule has 2 atom stereocenters. The monoisotopic (exact) mass is 291 g/mol. The van der Waals surface area contributed by atoms with Gasteiger partial charge in [0.2, 0.25) is 0 Å². The molecule has 1 saturated carbocycles. The second-order valence-electron chi connectivity index (χ2n) is 5.43. The van der Waals surface area contributed by atoms with Crippen molar-refractivity contribution in [2.24, 2.45) is 13.0 Å². The second-order valence-corrected chi connectivity index (χ2v) is 5.87. The highest BCUT2D eigenvalue weighted by Crippen LogP contribution is 2.51. The molecule has 1 aliphatic rings. The Morgan fingerprint density at radius 3 is 2.75 bits per heavy atom. The molecule has 1 fully saturated rings. The van der Waals surface area contributed by atoms with Gasteiger partial charge in [0.1, 0.15) is 11.6 Å². The third-order valence-corrected chi connectivity index (χ3v) is 4.25. The van der Waals surface area contributed by atoms with Crippen LogP contribution >= 0.6 is 11.6 Å². The van der Waals surface area contributed by atoms with Crippen molar-refractivity contribution in [3.05, 3.63) is 28.9 Å². The van der Waals surface area contributed by atoms with E-state index in [1.54, 1.807) is 11.8 Å². The lowest BCUT2D eigenvalue weighted by atomic mass is 10.0. The van der Waals surface area contributed by atoms with Crippen LogP contribution in [0.1, 0.15) is 25.0 Å². The summed E-state index contributed by atoms with van der Waals surface area (Å²) in [6, 6.07) is 5.57. The van der Waals surface area contributed by atoms with Crippen LogP contribution in [0.25, 0.3) is 11.1 Å². The van der Waals surface area contributed by atoms with E-state index >= 15 is 0 Å². The Bertz CT molecular complexity index is 665. The molecule has 20 heavy (non-hydrogen) atoms. The standard InChI is InChI=1S/C15H18ClN3O/c1-8-6-10(8)14-13(15(17)19(2)18-14)11-7-9(16)4-5-12(11)20-3/h4-5,7-8,10H,6,17H2,1-3H3. The number of nitrogens with two attached hydrogens (primary N) is 1. The third-order valence-electron chi connectivity index (χ3n) is 4.01. The fraction of sp³-hybridized carbons (Fsp3) is 0.400. The van der Waals surface area contributed by atoms with Crippen molar-refractivity contribution in [3.63, 3.8) is 0 Å². The SMILES string of the molecule is COc1ccc(Cl)cc1-c1c(C2CC2C)nn(C)c1N. The van der Waals surface area contributed by atoms with E-state index in [0.717, 1.165) is 29.0 Å². The number of nitrogens with zero attached hydrogens (tertiary/aromatic N) is 2. The summed E-state index contributed by atoms with van der Waals surface area (Å²) in [7, 11) is 3.52. The smallest absolute Gasteiger partial charge is 0.129 e. The molecule has 4 nitrogen and oxygen atoms in total. The largest absolute Gasteiger partial charge is 0.496 e. The Balaban J connectivity index is 2.21. The number of benzene rings is 1. The zero-order chi connectivity index (χ0) is 14.4. The van der Waals surface area contributed by atoms with Gasteiger partial charge in [-0.15, -0.1) is 0 Å². The van der Waals surface area contributed by atoms with E-state index in [2.05, 4.69) is 12.0 Å². The summed E-state index contributed by atoms with van der Waals surface area (Å²) in [5.74, 6) is 2.56. The quantitative estimate of drug-likeness (QED) is 0.942. The Morgan fingerprint density at radius 1 is 1.45 bits per heavy atom. The van der Waals surface area contributed by atoms with Gasteiger partial charge in [-0.2, -0.15) is 5.10 Å². The molecule has 3 rings (SSSR count). The second kappa shape index (κ2) is 4.70. The molecule has 1 aliphatic carbocycles. The average molecular weight is 292 g/mol. The molecule has 2 N–H and O–H groups in total. The predicted octanol–water partition coefficient (Wildman–Crippen LogP) is 3.45. The van der Waals surface area contributed by atoms with Gasteiger partial charge in [-0.25, -0.2) is 0 Å². The first kappa shape index (κ1) is 13.3. The zero-order valence-electron chi connectivity index (χ0n) is 11.9. The summed E-state index contributed by atoms with van der Waals surface area (Å²) in [6.07, 6.45) is 1.16. The number of anilines is 1. The van der Waals surface area contributed by atoms with E-state index in [1.807, 2.05) is 25.2 Å². The molecule has 0 spiro atoms. The number of ether oxygens (including phenoxy) is 1. The van der Waals surface area contributed by atoms with Crippen LogP contribution in [0.2, 0.25) is 5.02 Å². The minimum absolute atomic E-state index is 0.484. The number of methoxy groups -OCH3 is 1. The van der Waals surface area contributed by atoms with Crippen molar-refractivity contribution in [2.75, 3.05) is 12.8 Å². The first-order valence-corrected chi connectivity index (χ1v) is 7.07. The van der Waals surface area contributed by atoms with Crippen LogP contribution < -0.4 is 10.5 Å². The van der Waals surface area contributed by atoms with E-state index in [1.165, 1.54) is 0 Å². The van der Waals surface area contributed by atoms with Gasteiger partial charge in [0.15, 0.2) is 0 Å². The lowest BCUT2D eigenvalue weighted by Crippen LogP contribution is -1.98. The van der Waals surface area contributed by atoms with Crippen molar-refractivity contribution in [2.45, 2.75) is 19.3 Å². The van der Waals surface area contributed by atoms with Crippen LogP contribution in [0.5, 0.6) is 5.75 Å². The average Bonchev–Trinajstić information content (AvgIpc) is 3.07. The maximum Gasteiger partial charge on any atom is 0.129 e. The predicted molar refractivity (Wildman–Crippen MR) is 81.1 cm³/mol. The summed E-state index contributed by atoms with van der Waals surface area (Å²) in [4.78, 5) is 0. The van der Waals surface area contributed by atoms with Crippen molar-refractivity contribution < 1.29 is 4.74 Å². The summed E-state index contributed by atoms with van der Waals surface area (Å²) in [6.45, 7) is 2.23. The molecule has 0 saturated heterocycles. The highest BCUT2D eigenvalue weighted by atomic mass is 35.5. The number of hydrogen-bond donors (Lipinski definition) is 1. The zero-order valence-corrected chi connectivity index (χ0v) is 12.6. The molecule has 106 valence electrons. The van der Waals surface area contributed by atoms with Crippen LogP contribution in [-0.2, 0) is 7.05 Å². The molecule has 0 amide bonds. The Morgan fingerprint density at radius 2 is 2.15 bits per heavy atom. The molecule has 5 heteroatoms. The molecule has 1 aromatic heterocycles. The maximum atomic E-state index is 6.22. The number of hydrogen-bond acceptors (Lipinski definition) is 3. The van der Waals surface area contributed by atoms with E-state index in [0.29, 0.717) is 22.7 Å². The minimum atomic E-state index is 0.484. The van der Waals surface area contributed by atoms with Gasteiger partial charge in [-0.1, -0.05) is 18.5 Å². The first-order valence-electron chi connectivity index (χ1n) is 6.69. The van der Waals surface area contributed by atoms with Gasteiger partial charge >= 0.3 is 0 Å². The topological polar surface area (TPSA) is 53.1 Å². The van der Waals surface area contributed by atoms with Gasteiger partial charge in [-0.3, -0.25) is 4.68 Å². The Hall–Kier alpha value is -1.68. The molecule has 0 aliphatic heterocycles. The molecule has 2 unspecified atom stereocenters. The van der Waals surface area contributed by atoms with Crippen molar-refractivity contribution in [3.8, 4) is 16.9 Å². The van der Waals surface area contributed by atoms with E-state index in [4.69, 9.17) is 22.1 Å². The number of halogens is 1. The van der Waals surface area contributed by atoms with Crippen molar-refractivity contribution >= 4 is 17.4 Å². The third kappa shape index (κ3) is 2.04. The Kier molecular flexibility index (Phi) is 3.13. The van der Waals surface area contributed by atoms with E-state index in [9.17, 15) is 0 Å². The minimum Gasteiger partial charge on any atom is -0.496 e. The van der Waals surface area contributed by atoms with Gasteiger partial charge in [0, 0.05) is 23.6 Å². The molecule has 2 aromatic rings. The number of aryl methyl sites for hydroxylation is 1. The molecular formula is C15H18ClN3O. The molecular weight excluding hydrogens is 274 g/mol. The van der Waals surface area contributed by atoms with Crippen LogP contribution in [-0.4, -0.2) is 16.9 Å². The first-order chi connectivity index (χ1) is 9.52. The van der Waals surface area contributed by atoms with E-state index in [-0.39, 0.29) is 0 Å².